The van der Waals surface area contributed by atoms with E-state index in [2.05, 4.69) is 177 Å². The number of unbranched alkanes of at least 4 members (excludes halogenated alkanes) is 5. The van der Waals surface area contributed by atoms with Gasteiger partial charge in [-0.25, -0.2) is 9.59 Å². The van der Waals surface area contributed by atoms with Crippen molar-refractivity contribution in [2.75, 3.05) is 71.3 Å². The van der Waals surface area contributed by atoms with Gasteiger partial charge in [-0.1, -0.05) is 168 Å². The maximum atomic E-state index is 13.8. The lowest BCUT2D eigenvalue weighted by atomic mass is 10.1. The molecule has 0 aliphatic carbocycles. The first-order valence-electron chi connectivity index (χ1n) is 36.9. The Morgan fingerprint density at radius 3 is 1.28 bits per heavy atom. The molecule has 0 saturated heterocycles. The number of nitrogens with zero attached hydrogens (tertiary/aromatic N) is 4. The SMILES string of the molecule is CN(CCCOc1c(OCCCS(=O)(=O)O)cc(C(=O)NCCCn2cc(CCCCOc3c(OCCCCC#C[Si](c4ccccc4)(c4ccccc4)C(C)(C)C)cc(C(=O)O)cc3OCCCCC#C[Si](c3ccccc3)(c3ccccc3)C(C)(C)C)nn2)cc1OCCCS(=O)(=O)O)C(=O)OC(C)(C)C. The molecule has 0 radical (unpaired) electrons. The molecule has 0 spiro atoms. The van der Waals surface area contributed by atoms with Crippen LogP contribution in [-0.2, 0) is 37.9 Å². The van der Waals surface area contributed by atoms with Crippen LogP contribution in [0.5, 0.6) is 34.5 Å². The number of rotatable bonds is 41. The van der Waals surface area contributed by atoms with E-state index in [0.717, 1.165) is 18.5 Å². The van der Waals surface area contributed by atoms with Crippen molar-refractivity contribution in [1.82, 2.24) is 25.2 Å². The van der Waals surface area contributed by atoms with Crippen molar-refractivity contribution < 1.29 is 78.6 Å². The smallest absolute Gasteiger partial charge is 0.410 e. The Kier molecular flexibility index (Phi) is 32.6. The number of carboxylic acids is 1. The van der Waals surface area contributed by atoms with Gasteiger partial charge in [-0.2, -0.15) is 16.8 Å². The summed E-state index contributed by atoms with van der Waals surface area (Å²) < 4.78 is 109. The molecule has 22 nitrogen and oxygen atoms in total. The number of aryl methyl sites for hydroxylation is 2. The minimum absolute atomic E-state index is 0.00184. The molecule has 0 aliphatic rings. The molecule has 4 N–H and O–H groups in total. The van der Waals surface area contributed by atoms with Gasteiger partial charge in [0.2, 0.25) is 27.6 Å². The van der Waals surface area contributed by atoms with E-state index in [1.54, 1.807) is 32.5 Å². The van der Waals surface area contributed by atoms with Gasteiger partial charge in [-0.15, -0.1) is 28.0 Å². The molecule has 0 fully saturated rings. The topological polar surface area (TPSA) is 291 Å². The van der Waals surface area contributed by atoms with Crippen LogP contribution in [0.15, 0.2) is 152 Å². The number of aromatic nitrogens is 3. The second-order valence-corrected chi connectivity index (χ2v) is 41.5. The molecule has 0 bridgehead atoms. The standard InChI is InChI=1S/C82H107N5O17S2Si2/c1-80(2,3)104-79(91)86(10)47-34-52-103-75-71(100-53-35-55-105(92,93)94)59-64(60-72(75)101-54-36-56-106(95,96)97)77(88)83-46-33-48-87-63-66(84-85-87)37-27-30-51-102-76-73(98-49-28-11-13-31-57-107(81(4,5)6,67-38-19-15-20-39-67)68-40-21-16-22-41-68)61-65(78(89)90)62-74(76)99-50-29-12-14-32-58-108(82(7,8)9,69-42-23-17-24-43-69)70-44-25-18-26-45-70/h15-26,38-45,59-63H,11-14,27-30,33-37,46-56H2,1-10H3,(H,83,88)(H,89,90)(H,92,93,94)(H,95,96,97). The second-order valence-electron chi connectivity index (χ2n) is 29.6. The van der Waals surface area contributed by atoms with Gasteiger partial charge in [0.05, 0.1) is 62.4 Å². The summed E-state index contributed by atoms with van der Waals surface area (Å²) in [6.45, 7) is 20.1. The molecule has 0 atom stereocenters. The highest BCUT2D eigenvalue weighted by atomic mass is 32.2. The summed E-state index contributed by atoms with van der Waals surface area (Å²) in [5, 5.41) is 26.9. The Hall–Kier alpha value is -9.16. The van der Waals surface area contributed by atoms with Crippen LogP contribution in [0.1, 0.15) is 166 Å². The Morgan fingerprint density at radius 1 is 0.509 bits per heavy atom. The normalized spacial score (nSPS) is 12.0. The highest BCUT2D eigenvalue weighted by Crippen LogP contribution is 2.42. The zero-order chi connectivity index (χ0) is 78.4. The molecule has 0 aliphatic heterocycles. The fourth-order valence-corrected chi connectivity index (χ4v) is 22.4. The predicted octanol–water partition coefficient (Wildman–Crippen LogP) is 12.5. The number of nitrogens with one attached hydrogen (secondary N) is 1. The Bertz CT molecular complexity index is 4100. The van der Waals surface area contributed by atoms with Crippen LogP contribution in [0.25, 0.3) is 0 Å². The monoisotopic (exact) mass is 1550 g/mol. The summed E-state index contributed by atoms with van der Waals surface area (Å²) in [5.74, 6) is 5.14. The number of hydrogen-bond acceptors (Lipinski definition) is 16. The van der Waals surface area contributed by atoms with Crippen molar-refractivity contribution in [3.8, 4) is 57.4 Å². The van der Waals surface area contributed by atoms with Crippen molar-refractivity contribution in [3.63, 3.8) is 0 Å². The van der Waals surface area contributed by atoms with Gasteiger partial charge in [0.15, 0.2) is 23.0 Å². The number of aromatic carboxylic acids is 1. The van der Waals surface area contributed by atoms with E-state index in [0.29, 0.717) is 70.1 Å². The fraction of sp³-hybridized carbons (Fsp3) is 0.451. The van der Waals surface area contributed by atoms with Crippen LogP contribution in [-0.4, -0.2) is 162 Å². The Labute approximate surface area is 640 Å². The molecular formula is C82H107N5O17S2Si2. The van der Waals surface area contributed by atoms with Gasteiger partial charge in [-0.3, -0.25) is 18.6 Å². The van der Waals surface area contributed by atoms with E-state index in [9.17, 15) is 45.4 Å². The maximum absolute atomic E-state index is 13.8. The van der Waals surface area contributed by atoms with E-state index in [1.165, 1.54) is 49.9 Å². The number of hydrogen-bond donors (Lipinski definition) is 4. The largest absolute Gasteiger partial charge is 0.490 e. The molecule has 26 heteroatoms. The van der Waals surface area contributed by atoms with Crippen molar-refractivity contribution >= 4 is 75.1 Å². The molecule has 1 aromatic heterocycles. The van der Waals surface area contributed by atoms with Crippen molar-refractivity contribution in [2.45, 2.75) is 168 Å². The minimum atomic E-state index is -4.33. The Balaban J connectivity index is 0.998. The lowest BCUT2D eigenvalue weighted by Crippen LogP contribution is -2.63. The summed E-state index contributed by atoms with van der Waals surface area (Å²) in [7, 11) is -12.3. The average Bonchev–Trinajstić information content (AvgIpc) is 1.12. The van der Waals surface area contributed by atoms with Crippen molar-refractivity contribution in [3.05, 3.63) is 169 Å². The summed E-state index contributed by atoms with van der Waals surface area (Å²) >= 11 is 0. The van der Waals surface area contributed by atoms with Gasteiger partial charge < -0.3 is 48.5 Å². The first kappa shape index (κ1) is 86.1. The number of ether oxygens (including phenoxy) is 7. The molecular weight excluding hydrogens is 1450 g/mol. The molecule has 7 aromatic rings. The van der Waals surface area contributed by atoms with E-state index in [4.69, 9.17) is 33.2 Å². The van der Waals surface area contributed by atoms with E-state index in [-0.39, 0.29) is 116 Å². The van der Waals surface area contributed by atoms with Crippen LogP contribution in [0.4, 0.5) is 4.79 Å². The van der Waals surface area contributed by atoms with Gasteiger partial charge in [0.25, 0.3) is 26.1 Å². The van der Waals surface area contributed by atoms with Crippen LogP contribution in [0, 0.1) is 22.9 Å². The molecule has 2 amide bonds. The maximum Gasteiger partial charge on any atom is 0.410 e. The Morgan fingerprint density at radius 2 is 0.889 bits per heavy atom. The average molecular weight is 1560 g/mol. The number of carbonyl (C=O) groups is 3. The molecule has 0 saturated carbocycles. The predicted molar refractivity (Wildman–Crippen MR) is 427 cm³/mol. The first-order chi connectivity index (χ1) is 51.3. The highest BCUT2D eigenvalue weighted by Gasteiger charge is 2.48. The number of benzene rings is 6. The molecule has 6 aromatic carbocycles. The second kappa shape index (κ2) is 40.9. The number of carbonyl (C=O) groups excluding carboxylic acids is 2. The molecule has 7 rings (SSSR count). The minimum Gasteiger partial charge on any atom is -0.490 e. The summed E-state index contributed by atoms with van der Waals surface area (Å²) in [4.78, 5) is 40.6. The van der Waals surface area contributed by atoms with Crippen molar-refractivity contribution in [2.24, 2.45) is 0 Å². The van der Waals surface area contributed by atoms with Crippen LogP contribution < -0.4 is 54.5 Å². The number of amides is 2. The van der Waals surface area contributed by atoms with Crippen molar-refractivity contribution in [1.29, 1.82) is 0 Å². The summed E-state index contributed by atoms with van der Waals surface area (Å²) in [6, 6.07) is 48.3. The van der Waals surface area contributed by atoms with Gasteiger partial charge in [-0.05, 0) is 146 Å². The van der Waals surface area contributed by atoms with Gasteiger partial charge in [0.1, 0.15) is 5.60 Å². The third-order valence-electron chi connectivity index (χ3n) is 17.8. The molecule has 108 heavy (non-hydrogen) atoms. The van der Waals surface area contributed by atoms with Gasteiger partial charge in [0, 0.05) is 51.3 Å². The zero-order valence-corrected chi connectivity index (χ0v) is 67.7. The third-order valence-corrected chi connectivity index (χ3v) is 29.8. The molecule has 0 unspecified atom stereocenters. The lowest BCUT2D eigenvalue weighted by molar-refractivity contribution is 0.0291. The zero-order valence-electron chi connectivity index (χ0n) is 64.1. The first-order valence-corrected chi connectivity index (χ1v) is 44.1. The van der Waals surface area contributed by atoms with E-state index >= 15 is 0 Å². The van der Waals surface area contributed by atoms with E-state index in [1.807, 2.05) is 30.5 Å². The van der Waals surface area contributed by atoms with Crippen LogP contribution >= 0.6 is 0 Å². The van der Waals surface area contributed by atoms with Crippen LogP contribution in [0.3, 0.4) is 0 Å². The van der Waals surface area contributed by atoms with Gasteiger partial charge >= 0.3 is 12.1 Å². The fourth-order valence-electron chi connectivity index (χ4n) is 12.4. The lowest BCUT2D eigenvalue weighted by Gasteiger charge is -2.39. The third kappa shape index (κ3) is 26.6. The summed E-state index contributed by atoms with van der Waals surface area (Å²) in [5.41, 5.74) is 7.83. The molecule has 582 valence electrons. The molecule has 1 heterocycles. The highest BCUT2D eigenvalue weighted by molar-refractivity contribution is 7.86. The summed E-state index contributed by atoms with van der Waals surface area (Å²) in [6.07, 6.45) is 7.64. The van der Waals surface area contributed by atoms with E-state index < -0.39 is 71.5 Å². The van der Waals surface area contributed by atoms with Crippen LogP contribution in [0.2, 0.25) is 10.1 Å². The quantitative estimate of drug-likeness (QED) is 0.0120. The number of carboxylic acid groups (broad SMARTS) is 1.